The van der Waals surface area contributed by atoms with Crippen molar-refractivity contribution in [3.05, 3.63) is 41.0 Å². The molecule has 13 heteroatoms. The minimum Gasteiger partial charge on any atom is -0.444 e. The van der Waals surface area contributed by atoms with E-state index in [-0.39, 0.29) is 38.1 Å². The maximum atomic E-state index is 13.8. The molecule has 4 rings (SSSR count). The van der Waals surface area contributed by atoms with Crippen LogP contribution in [-0.4, -0.2) is 100 Å². The maximum absolute atomic E-state index is 13.8. The van der Waals surface area contributed by atoms with Crippen LogP contribution in [0.25, 0.3) is 10.4 Å². The number of hydrogen-bond acceptors (Lipinski definition) is 9. The summed E-state index contributed by atoms with van der Waals surface area (Å²) >= 11 is 1.58. The fraction of sp³-hybridized carbons (Fsp3) is 0.629. The quantitative estimate of drug-likeness (QED) is 0.285. The van der Waals surface area contributed by atoms with Gasteiger partial charge in [0.2, 0.25) is 17.7 Å². The molecule has 264 valence electrons. The molecule has 12 nitrogen and oxygen atoms in total. The highest BCUT2D eigenvalue weighted by molar-refractivity contribution is 7.13. The van der Waals surface area contributed by atoms with Gasteiger partial charge in [0.1, 0.15) is 24.3 Å². The van der Waals surface area contributed by atoms with Gasteiger partial charge in [-0.15, -0.1) is 11.3 Å². The second-order valence-electron chi connectivity index (χ2n) is 14.9. The largest absolute Gasteiger partial charge is 0.444 e. The van der Waals surface area contributed by atoms with Crippen molar-refractivity contribution in [2.45, 2.75) is 98.1 Å². The zero-order valence-electron chi connectivity index (χ0n) is 29.2. The highest BCUT2D eigenvalue weighted by atomic mass is 32.1. The summed E-state index contributed by atoms with van der Waals surface area (Å²) in [6.45, 7) is 14.8. The molecule has 0 spiro atoms. The SMILES string of the molecule is Cc1ncsc1-c1ccc(CNC(=O)[C@@H]2C[C@@H](O)CN2C(=O)C(NC(=O)COCCCC2CN(C(=O)OC(C)(C)C)C2)C(C)(C)C)cc1. The predicted molar refractivity (Wildman–Crippen MR) is 183 cm³/mol. The molecule has 1 unspecified atom stereocenters. The third-order valence-corrected chi connectivity index (χ3v) is 9.43. The molecule has 0 radical (unpaired) electrons. The second-order valence-corrected chi connectivity index (χ2v) is 15.7. The molecule has 2 aromatic rings. The number of benzene rings is 1. The molecule has 3 atom stereocenters. The first kappa shape index (κ1) is 37.3. The van der Waals surface area contributed by atoms with Crippen LogP contribution in [0.3, 0.4) is 0 Å². The Morgan fingerprint density at radius 3 is 2.35 bits per heavy atom. The van der Waals surface area contributed by atoms with E-state index in [4.69, 9.17) is 9.47 Å². The Balaban J connectivity index is 1.23. The lowest BCUT2D eigenvalue weighted by Gasteiger charge is -2.39. The van der Waals surface area contributed by atoms with E-state index in [9.17, 15) is 24.3 Å². The number of ether oxygens (including phenoxy) is 2. The van der Waals surface area contributed by atoms with Crippen LogP contribution in [0, 0.1) is 18.3 Å². The predicted octanol–water partition coefficient (Wildman–Crippen LogP) is 3.89. The summed E-state index contributed by atoms with van der Waals surface area (Å²) in [4.78, 5) is 60.6. The molecule has 3 heterocycles. The van der Waals surface area contributed by atoms with E-state index in [1.807, 2.05) is 78.2 Å². The third kappa shape index (κ3) is 10.2. The van der Waals surface area contributed by atoms with Gasteiger partial charge in [-0.2, -0.15) is 0 Å². The maximum Gasteiger partial charge on any atom is 0.410 e. The lowest BCUT2D eigenvalue weighted by molar-refractivity contribution is -0.144. The van der Waals surface area contributed by atoms with Gasteiger partial charge in [-0.3, -0.25) is 14.4 Å². The molecule has 1 aromatic carbocycles. The van der Waals surface area contributed by atoms with Crippen LogP contribution in [0.4, 0.5) is 4.79 Å². The van der Waals surface area contributed by atoms with Crippen molar-refractivity contribution in [1.82, 2.24) is 25.4 Å². The van der Waals surface area contributed by atoms with Crippen molar-refractivity contribution in [2.24, 2.45) is 11.3 Å². The summed E-state index contributed by atoms with van der Waals surface area (Å²) in [6, 6.07) is 6.10. The van der Waals surface area contributed by atoms with E-state index >= 15 is 0 Å². The molecule has 3 N–H and O–H groups in total. The zero-order chi connectivity index (χ0) is 35.2. The Bertz CT molecular complexity index is 1430. The molecule has 0 saturated carbocycles. The minimum atomic E-state index is -0.925. The topological polar surface area (TPSA) is 150 Å². The van der Waals surface area contributed by atoms with Crippen molar-refractivity contribution in [2.75, 3.05) is 32.8 Å². The van der Waals surface area contributed by atoms with Gasteiger partial charge in [0.25, 0.3) is 0 Å². The van der Waals surface area contributed by atoms with Crippen molar-refractivity contribution in [3.63, 3.8) is 0 Å². The minimum absolute atomic E-state index is 0.00525. The van der Waals surface area contributed by atoms with Gasteiger partial charge in [-0.1, -0.05) is 45.0 Å². The first-order chi connectivity index (χ1) is 22.5. The number of thiazole rings is 1. The van der Waals surface area contributed by atoms with E-state index in [1.54, 1.807) is 16.2 Å². The van der Waals surface area contributed by atoms with Gasteiger partial charge in [0, 0.05) is 39.2 Å². The summed E-state index contributed by atoms with van der Waals surface area (Å²) in [5.74, 6) is -0.833. The first-order valence-electron chi connectivity index (χ1n) is 16.6. The Morgan fingerprint density at radius 1 is 1.06 bits per heavy atom. The fourth-order valence-corrected chi connectivity index (χ4v) is 6.66. The van der Waals surface area contributed by atoms with Crippen molar-refractivity contribution < 1.29 is 33.8 Å². The Kier molecular flexibility index (Phi) is 12.2. The average molecular weight is 686 g/mol. The summed E-state index contributed by atoms with van der Waals surface area (Å²) in [5, 5.41) is 16.2. The number of nitrogens with one attached hydrogen (secondary N) is 2. The van der Waals surface area contributed by atoms with Gasteiger partial charge in [0.05, 0.1) is 22.2 Å². The number of aryl methyl sites for hydroxylation is 1. The van der Waals surface area contributed by atoms with Crippen molar-refractivity contribution in [3.8, 4) is 10.4 Å². The van der Waals surface area contributed by atoms with Crippen LogP contribution >= 0.6 is 11.3 Å². The van der Waals surface area contributed by atoms with Crippen LogP contribution in [0.5, 0.6) is 0 Å². The number of aliphatic hydroxyl groups is 1. The van der Waals surface area contributed by atoms with Gasteiger partial charge in [-0.25, -0.2) is 9.78 Å². The Labute approximate surface area is 287 Å². The normalized spacial score (nSPS) is 19.1. The van der Waals surface area contributed by atoms with E-state index < -0.39 is 41.0 Å². The highest BCUT2D eigenvalue weighted by Crippen LogP contribution is 2.28. The number of aliphatic hydroxyl groups excluding tert-OH is 1. The molecule has 2 aliphatic heterocycles. The molecule has 0 aliphatic carbocycles. The lowest BCUT2D eigenvalue weighted by Crippen LogP contribution is -2.58. The van der Waals surface area contributed by atoms with E-state index in [0.29, 0.717) is 25.6 Å². The monoisotopic (exact) mass is 685 g/mol. The lowest BCUT2D eigenvalue weighted by atomic mass is 9.85. The molecule has 48 heavy (non-hydrogen) atoms. The number of hydrogen-bond donors (Lipinski definition) is 3. The van der Waals surface area contributed by atoms with Crippen LogP contribution in [0.15, 0.2) is 29.8 Å². The highest BCUT2D eigenvalue weighted by Gasteiger charge is 2.44. The zero-order valence-corrected chi connectivity index (χ0v) is 30.0. The van der Waals surface area contributed by atoms with Gasteiger partial charge < -0.3 is 35.0 Å². The van der Waals surface area contributed by atoms with Gasteiger partial charge in [-0.05, 0) is 63.0 Å². The number of amides is 4. The van der Waals surface area contributed by atoms with Crippen molar-refractivity contribution >= 4 is 35.2 Å². The molecule has 1 aromatic heterocycles. The third-order valence-electron chi connectivity index (χ3n) is 8.45. The van der Waals surface area contributed by atoms with E-state index in [1.165, 1.54) is 4.90 Å². The fourth-order valence-electron chi connectivity index (χ4n) is 5.85. The Hall–Kier alpha value is -3.55. The van der Waals surface area contributed by atoms with Crippen LogP contribution in [0.2, 0.25) is 0 Å². The van der Waals surface area contributed by atoms with E-state index in [2.05, 4.69) is 15.6 Å². The first-order valence-corrected chi connectivity index (χ1v) is 17.5. The number of carbonyl (C=O) groups is 4. The van der Waals surface area contributed by atoms with E-state index in [0.717, 1.165) is 34.5 Å². The number of β-amino-alcohol motifs (C(OH)–C–C–N with tert-alkyl or cyclic N) is 1. The number of likely N-dealkylation sites (tertiary alicyclic amines) is 2. The standard InChI is InChI=1S/C35H51N5O7S/c1-22-29(48-21-37-22)25-12-10-23(11-13-25)16-36-31(43)27-15-26(41)19-40(27)32(44)30(34(2,3)4)38-28(42)20-46-14-8-9-24-17-39(18-24)33(45)47-35(5,6)7/h10-13,21,24,26-27,30,41H,8-9,14-20H2,1-7H3,(H,36,43)(H,38,42)/t26-,27+,30?/m1/s1. The Morgan fingerprint density at radius 2 is 1.75 bits per heavy atom. The van der Waals surface area contributed by atoms with Crippen LogP contribution < -0.4 is 10.6 Å². The smallest absolute Gasteiger partial charge is 0.410 e. The molecule has 2 fully saturated rings. The molecule has 2 saturated heterocycles. The van der Waals surface area contributed by atoms with Crippen molar-refractivity contribution in [1.29, 1.82) is 0 Å². The molecular formula is C35H51N5O7S. The average Bonchev–Trinajstić information content (AvgIpc) is 3.59. The van der Waals surface area contributed by atoms with Gasteiger partial charge in [0.15, 0.2) is 0 Å². The molecule has 0 bridgehead atoms. The second kappa shape index (κ2) is 15.8. The number of nitrogens with zero attached hydrogens (tertiary/aromatic N) is 3. The summed E-state index contributed by atoms with van der Waals surface area (Å²) in [5.41, 5.74) is 3.57. The molecule has 4 amide bonds. The molecular weight excluding hydrogens is 634 g/mol. The summed E-state index contributed by atoms with van der Waals surface area (Å²) in [7, 11) is 0. The number of rotatable bonds is 12. The molecule has 2 aliphatic rings. The van der Waals surface area contributed by atoms with Crippen LogP contribution in [0.1, 0.15) is 72.1 Å². The summed E-state index contributed by atoms with van der Waals surface area (Å²) in [6.07, 6.45) is 0.571. The number of carbonyl (C=O) groups excluding carboxylic acids is 4. The van der Waals surface area contributed by atoms with Crippen LogP contribution in [-0.2, 0) is 30.4 Å². The summed E-state index contributed by atoms with van der Waals surface area (Å²) < 4.78 is 11.0. The van der Waals surface area contributed by atoms with Gasteiger partial charge >= 0.3 is 6.09 Å². The number of aromatic nitrogens is 1.